The maximum Gasteiger partial charge on any atom is 0.217 e. The molecule has 0 amide bonds. The molecule has 0 aromatic heterocycles. The molecule has 0 fully saturated rings. The van der Waals surface area contributed by atoms with Crippen molar-refractivity contribution >= 4 is 0 Å². The zero-order valence-corrected chi connectivity index (χ0v) is 6.03. The van der Waals surface area contributed by atoms with E-state index in [4.69, 9.17) is 5.73 Å². The average Bonchev–Trinajstić information content (AvgIpc) is 1.59. The number of alkyl halides is 1. The van der Waals surface area contributed by atoms with E-state index in [0.29, 0.717) is 0 Å². The Morgan fingerprint density at radius 1 is 1.56 bits per heavy atom. The predicted molar refractivity (Wildman–Crippen MR) is 36.3 cm³/mol. The first-order chi connectivity index (χ1) is 3.92. The molecule has 52 valence electrons. The quantitative estimate of drug-likeness (QED) is 0.387. The highest BCUT2D eigenvalue weighted by molar-refractivity contribution is 5.10. The van der Waals surface area contributed by atoms with Gasteiger partial charge in [-0.3, -0.25) is 5.73 Å². The van der Waals surface area contributed by atoms with Gasteiger partial charge in [0.1, 0.15) is 0 Å². The zero-order valence-electron chi connectivity index (χ0n) is 6.03. The molecule has 0 radical (unpaired) electrons. The molecule has 1 unspecified atom stereocenters. The van der Waals surface area contributed by atoms with Gasteiger partial charge in [-0.25, -0.2) is 4.39 Å². The minimum absolute atomic E-state index is 0.184. The Bertz CT molecular complexity index is 133. The van der Waals surface area contributed by atoms with E-state index in [1.165, 1.54) is 6.92 Å². The third kappa shape index (κ3) is 7.45. The molecule has 1 atom stereocenters. The highest BCUT2D eigenvalue weighted by atomic mass is 19.1. The summed E-state index contributed by atoms with van der Waals surface area (Å²) in [6, 6.07) is 0. The molecule has 0 heterocycles. The highest BCUT2D eigenvalue weighted by Crippen LogP contribution is 1.97. The number of hydrogen-bond donors (Lipinski definition) is 1. The van der Waals surface area contributed by atoms with Crippen molar-refractivity contribution in [2.24, 2.45) is 11.7 Å². The van der Waals surface area contributed by atoms with Crippen LogP contribution in [0.2, 0.25) is 0 Å². The molecule has 0 saturated heterocycles. The van der Waals surface area contributed by atoms with E-state index in [1.807, 2.05) is 13.8 Å². The van der Waals surface area contributed by atoms with E-state index >= 15 is 0 Å². The predicted octanol–water partition coefficient (Wildman–Crippen LogP) is 1.29. The summed E-state index contributed by atoms with van der Waals surface area (Å²) in [4.78, 5) is 0. The molecular formula is C7H12FN. The van der Waals surface area contributed by atoms with Crippen LogP contribution in [-0.4, -0.2) is 5.79 Å². The topological polar surface area (TPSA) is 26.0 Å². The molecule has 0 aliphatic heterocycles. The lowest BCUT2D eigenvalue weighted by Crippen LogP contribution is -2.27. The van der Waals surface area contributed by atoms with Crippen LogP contribution in [0.1, 0.15) is 20.8 Å². The Hall–Kier alpha value is -0.550. The van der Waals surface area contributed by atoms with E-state index in [-0.39, 0.29) is 5.92 Å². The monoisotopic (exact) mass is 129 g/mol. The van der Waals surface area contributed by atoms with Gasteiger partial charge in [0, 0.05) is 5.92 Å². The Morgan fingerprint density at radius 3 is 2.11 bits per heavy atom. The molecule has 0 rings (SSSR count). The molecule has 2 heteroatoms. The molecule has 0 aromatic rings. The Kier molecular flexibility index (Phi) is 2.66. The lowest BCUT2D eigenvalue weighted by Gasteiger charge is -2.02. The van der Waals surface area contributed by atoms with Gasteiger partial charge in [-0.15, -0.1) is 0 Å². The standard InChI is InChI=1S/C7H12FN/c1-6(2)4-5-7(3,8)9/h6H,9H2,1-3H3. The van der Waals surface area contributed by atoms with Crippen LogP contribution < -0.4 is 5.73 Å². The summed E-state index contributed by atoms with van der Waals surface area (Å²) < 4.78 is 12.4. The summed E-state index contributed by atoms with van der Waals surface area (Å²) in [5.74, 6) is 3.27. The number of nitrogens with two attached hydrogens (primary N) is 1. The van der Waals surface area contributed by atoms with Crippen LogP contribution in [0, 0.1) is 17.8 Å². The maximum absolute atomic E-state index is 12.4. The molecule has 0 bridgehead atoms. The average molecular weight is 129 g/mol. The fourth-order valence-electron chi connectivity index (χ4n) is 0.285. The van der Waals surface area contributed by atoms with Gasteiger partial charge >= 0.3 is 0 Å². The fourth-order valence-corrected chi connectivity index (χ4v) is 0.285. The first-order valence-corrected chi connectivity index (χ1v) is 2.92. The lowest BCUT2D eigenvalue weighted by atomic mass is 10.2. The van der Waals surface area contributed by atoms with Gasteiger partial charge in [-0.05, 0) is 12.8 Å². The van der Waals surface area contributed by atoms with E-state index in [9.17, 15) is 4.39 Å². The number of rotatable bonds is 0. The van der Waals surface area contributed by atoms with Crippen molar-refractivity contribution in [3.63, 3.8) is 0 Å². The van der Waals surface area contributed by atoms with Crippen molar-refractivity contribution in [2.45, 2.75) is 26.6 Å². The third-order valence-corrected chi connectivity index (χ3v) is 0.605. The SMILES string of the molecule is CC(C)C#CC(C)(N)F. The molecule has 0 saturated carbocycles. The maximum atomic E-state index is 12.4. The van der Waals surface area contributed by atoms with Gasteiger partial charge in [-0.1, -0.05) is 19.8 Å². The normalized spacial score (nSPS) is 16.2. The van der Waals surface area contributed by atoms with Crippen LogP contribution in [0.5, 0.6) is 0 Å². The molecule has 9 heavy (non-hydrogen) atoms. The van der Waals surface area contributed by atoms with Crippen molar-refractivity contribution in [3.05, 3.63) is 0 Å². The summed E-state index contributed by atoms with van der Waals surface area (Å²) in [5, 5.41) is 0. The van der Waals surface area contributed by atoms with Crippen molar-refractivity contribution in [1.29, 1.82) is 0 Å². The minimum atomic E-state index is -1.83. The Morgan fingerprint density at radius 2 is 2.00 bits per heavy atom. The zero-order chi connectivity index (χ0) is 7.49. The van der Waals surface area contributed by atoms with Crippen molar-refractivity contribution in [3.8, 4) is 11.8 Å². The molecular weight excluding hydrogens is 117 g/mol. The van der Waals surface area contributed by atoms with Gasteiger partial charge in [0.15, 0.2) is 0 Å². The van der Waals surface area contributed by atoms with E-state index in [2.05, 4.69) is 11.8 Å². The number of halogens is 1. The van der Waals surface area contributed by atoms with Crippen LogP contribution in [0.25, 0.3) is 0 Å². The molecule has 0 aliphatic carbocycles. The van der Waals surface area contributed by atoms with Gasteiger partial charge < -0.3 is 0 Å². The summed E-state index contributed by atoms with van der Waals surface area (Å²) in [7, 11) is 0. The first kappa shape index (κ1) is 8.45. The number of hydrogen-bond acceptors (Lipinski definition) is 1. The second-order valence-corrected chi connectivity index (χ2v) is 2.50. The summed E-state index contributed by atoms with van der Waals surface area (Å²) in [6.45, 7) is 5.01. The Labute approximate surface area is 55.4 Å². The molecule has 0 aromatic carbocycles. The van der Waals surface area contributed by atoms with Crippen LogP contribution in [-0.2, 0) is 0 Å². The third-order valence-electron chi connectivity index (χ3n) is 0.605. The summed E-state index contributed by atoms with van der Waals surface area (Å²) in [6.07, 6.45) is 0. The van der Waals surface area contributed by atoms with Crippen LogP contribution in [0.4, 0.5) is 4.39 Å². The van der Waals surface area contributed by atoms with Gasteiger partial charge in [0.05, 0.1) is 0 Å². The van der Waals surface area contributed by atoms with E-state index in [1.54, 1.807) is 0 Å². The molecule has 1 nitrogen and oxygen atoms in total. The lowest BCUT2D eigenvalue weighted by molar-refractivity contribution is 0.282. The second kappa shape index (κ2) is 2.84. The van der Waals surface area contributed by atoms with Gasteiger partial charge in [-0.2, -0.15) is 0 Å². The van der Waals surface area contributed by atoms with Crippen molar-refractivity contribution in [2.75, 3.05) is 0 Å². The van der Waals surface area contributed by atoms with Gasteiger partial charge in [0.2, 0.25) is 5.79 Å². The summed E-state index contributed by atoms with van der Waals surface area (Å²) >= 11 is 0. The first-order valence-electron chi connectivity index (χ1n) is 2.92. The Balaban J connectivity index is 3.88. The van der Waals surface area contributed by atoms with Gasteiger partial charge in [0.25, 0.3) is 0 Å². The minimum Gasteiger partial charge on any atom is -0.289 e. The van der Waals surface area contributed by atoms with E-state index < -0.39 is 5.79 Å². The van der Waals surface area contributed by atoms with Crippen molar-refractivity contribution < 1.29 is 4.39 Å². The summed E-state index contributed by atoms with van der Waals surface area (Å²) in [5.41, 5.74) is 4.94. The smallest absolute Gasteiger partial charge is 0.217 e. The molecule has 0 spiro atoms. The van der Waals surface area contributed by atoms with Crippen LogP contribution >= 0.6 is 0 Å². The molecule has 2 N–H and O–H groups in total. The second-order valence-electron chi connectivity index (χ2n) is 2.50. The fraction of sp³-hybridized carbons (Fsp3) is 0.714. The molecule has 0 aliphatic rings. The van der Waals surface area contributed by atoms with Crippen LogP contribution in [0.15, 0.2) is 0 Å². The van der Waals surface area contributed by atoms with E-state index in [0.717, 1.165) is 0 Å². The largest absolute Gasteiger partial charge is 0.289 e. The van der Waals surface area contributed by atoms with Crippen LogP contribution in [0.3, 0.4) is 0 Å². The highest BCUT2D eigenvalue weighted by Gasteiger charge is 2.09. The van der Waals surface area contributed by atoms with Crippen molar-refractivity contribution in [1.82, 2.24) is 0 Å².